The Hall–Kier alpha value is -1.28. The zero-order valence-corrected chi connectivity index (χ0v) is 9.74. The maximum atomic E-state index is 5.79. The lowest BCUT2D eigenvalue weighted by atomic mass is 9.83. The quantitative estimate of drug-likeness (QED) is 0.818. The van der Waals surface area contributed by atoms with Gasteiger partial charge in [0.2, 0.25) is 0 Å². The molecule has 0 radical (unpaired) electrons. The second kappa shape index (κ2) is 3.63. The van der Waals surface area contributed by atoms with Crippen LogP contribution in [0.5, 0.6) is 0 Å². The van der Waals surface area contributed by atoms with E-state index in [0.717, 1.165) is 5.92 Å². The lowest BCUT2D eigenvalue weighted by Gasteiger charge is -2.26. The van der Waals surface area contributed by atoms with Crippen molar-refractivity contribution in [1.82, 2.24) is 4.57 Å². The van der Waals surface area contributed by atoms with E-state index in [1.54, 1.807) is 0 Å². The fourth-order valence-corrected chi connectivity index (χ4v) is 2.72. The van der Waals surface area contributed by atoms with Crippen LogP contribution >= 0.6 is 0 Å². The molecular weight excluding hydrogens is 196 g/mol. The third-order valence-corrected chi connectivity index (χ3v) is 3.96. The molecule has 0 unspecified atom stereocenters. The maximum Gasteiger partial charge on any atom is 0.0483 e. The van der Waals surface area contributed by atoms with Crippen LogP contribution in [0.15, 0.2) is 24.3 Å². The first-order chi connectivity index (χ1) is 7.81. The third kappa shape index (κ3) is 1.30. The summed E-state index contributed by atoms with van der Waals surface area (Å²) in [4.78, 5) is 0. The van der Waals surface area contributed by atoms with E-state index in [-0.39, 0.29) is 0 Å². The van der Waals surface area contributed by atoms with Gasteiger partial charge in [-0.3, -0.25) is 0 Å². The van der Waals surface area contributed by atoms with Crippen molar-refractivity contribution >= 4 is 10.9 Å². The minimum Gasteiger partial charge on any atom is -0.347 e. The summed E-state index contributed by atoms with van der Waals surface area (Å²) >= 11 is 0. The highest BCUT2D eigenvalue weighted by molar-refractivity contribution is 5.85. The van der Waals surface area contributed by atoms with E-state index >= 15 is 0 Å². The van der Waals surface area contributed by atoms with Crippen molar-refractivity contribution in [1.29, 1.82) is 0 Å². The Morgan fingerprint density at radius 2 is 2.19 bits per heavy atom. The van der Waals surface area contributed by atoms with Crippen molar-refractivity contribution in [3.05, 3.63) is 35.5 Å². The van der Waals surface area contributed by atoms with Crippen molar-refractivity contribution in [3.63, 3.8) is 0 Å². The summed E-state index contributed by atoms with van der Waals surface area (Å²) in [7, 11) is 2.18. The summed E-state index contributed by atoms with van der Waals surface area (Å²) in [6.07, 6.45) is 4.08. The minimum absolute atomic E-state index is 0.630. The van der Waals surface area contributed by atoms with Gasteiger partial charge in [-0.1, -0.05) is 18.6 Å². The highest BCUT2D eigenvalue weighted by Crippen LogP contribution is 2.38. The minimum atomic E-state index is 0.630. The van der Waals surface area contributed by atoms with Crippen molar-refractivity contribution in [2.45, 2.75) is 31.7 Å². The average molecular weight is 214 g/mol. The molecule has 0 atom stereocenters. The van der Waals surface area contributed by atoms with Crippen molar-refractivity contribution in [2.75, 3.05) is 0 Å². The molecule has 2 nitrogen and oxygen atoms in total. The normalized spacial score (nSPS) is 16.6. The molecule has 1 aliphatic carbocycles. The van der Waals surface area contributed by atoms with Crippen LogP contribution in [0.2, 0.25) is 0 Å². The fourth-order valence-electron chi connectivity index (χ4n) is 2.72. The summed E-state index contributed by atoms with van der Waals surface area (Å²) < 4.78 is 2.35. The van der Waals surface area contributed by atoms with Crippen LogP contribution in [0, 0.1) is 0 Å². The molecule has 1 fully saturated rings. The third-order valence-electron chi connectivity index (χ3n) is 3.96. The lowest BCUT2D eigenvalue weighted by molar-refractivity contribution is 0.404. The van der Waals surface area contributed by atoms with Gasteiger partial charge in [-0.15, -0.1) is 0 Å². The van der Waals surface area contributed by atoms with Crippen LogP contribution in [0.4, 0.5) is 0 Å². The molecule has 0 aliphatic heterocycles. The first-order valence-electron chi connectivity index (χ1n) is 6.08. The van der Waals surface area contributed by atoms with E-state index in [1.807, 2.05) is 0 Å². The van der Waals surface area contributed by atoms with Gasteiger partial charge in [0.25, 0.3) is 0 Å². The Labute approximate surface area is 96.1 Å². The van der Waals surface area contributed by atoms with Crippen LogP contribution in [-0.4, -0.2) is 4.57 Å². The number of hydrogen-bond donors (Lipinski definition) is 1. The van der Waals surface area contributed by atoms with Gasteiger partial charge >= 0.3 is 0 Å². The molecule has 1 aromatic carbocycles. The molecule has 1 saturated carbocycles. The van der Waals surface area contributed by atoms with Crippen molar-refractivity contribution < 1.29 is 0 Å². The molecule has 2 N–H and O–H groups in total. The second-order valence-electron chi connectivity index (χ2n) is 4.81. The van der Waals surface area contributed by atoms with Crippen LogP contribution in [0.25, 0.3) is 10.9 Å². The first kappa shape index (κ1) is 9.91. The van der Waals surface area contributed by atoms with E-state index in [4.69, 9.17) is 5.73 Å². The number of fused-ring (bicyclic) bond motifs is 1. The Morgan fingerprint density at radius 1 is 1.38 bits per heavy atom. The van der Waals surface area contributed by atoms with Gasteiger partial charge in [0.15, 0.2) is 0 Å². The predicted molar refractivity (Wildman–Crippen MR) is 67.4 cm³/mol. The molecule has 2 heteroatoms. The Morgan fingerprint density at radius 3 is 2.81 bits per heavy atom. The molecule has 2 aromatic rings. The van der Waals surface area contributed by atoms with E-state index in [2.05, 4.69) is 35.9 Å². The van der Waals surface area contributed by atoms with Crippen LogP contribution in [0.3, 0.4) is 0 Å². The van der Waals surface area contributed by atoms with Gasteiger partial charge in [0.05, 0.1) is 0 Å². The zero-order chi connectivity index (χ0) is 11.1. The van der Waals surface area contributed by atoms with Gasteiger partial charge in [0.1, 0.15) is 0 Å². The number of rotatable bonds is 2. The largest absolute Gasteiger partial charge is 0.347 e. The molecule has 1 aromatic heterocycles. The highest BCUT2D eigenvalue weighted by atomic mass is 15.0. The Kier molecular flexibility index (Phi) is 2.25. The number of nitrogens with zero attached hydrogens (tertiary/aromatic N) is 1. The topological polar surface area (TPSA) is 30.9 Å². The van der Waals surface area contributed by atoms with Gasteiger partial charge in [0, 0.05) is 30.2 Å². The number of nitrogens with two attached hydrogens (primary N) is 1. The van der Waals surface area contributed by atoms with E-state index < -0.39 is 0 Å². The summed E-state index contributed by atoms with van der Waals surface area (Å²) in [6, 6.07) is 8.78. The summed E-state index contributed by atoms with van der Waals surface area (Å²) in [6.45, 7) is 0.630. The molecule has 0 bridgehead atoms. The molecule has 1 aliphatic rings. The monoisotopic (exact) mass is 214 g/mol. The number of benzene rings is 1. The Balaban J connectivity index is 2.20. The Bertz CT molecular complexity index is 521. The van der Waals surface area contributed by atoms with E-state index in [9.17, 15) is 0 Å². The molecule has 3 rings (SSSR count). The molecule has 16 heavy (non-hydrogen) atoms. The summed E-state index contributed by atoms with van der Waals surface area (Å²) in [5, 5.41) is 1.34. The lowest BCUT2D eigenvalue weighted by Crippen LogP contribution is -2.12. The zero-order valence-electron chi connectivity index (χ0n) is 9.74. The second-order valence-corrected chi connectivity index (χ2v) is 4.81. The number of aromatic nitrogens is 1. The molecular formula is C14H18N2. The van der Waals surface area contributed by atoms with Crippen LogP contribution < -0.4 is 5.73 Å². The van der Waals surface area contributed by atoms with E-state index in [1.165, 1.54) is 41.4 Å². The van der Waals surface area contributed by atoms with Gasteiger partial charge in [-0.05, 0) is 36.5 Å². The molecule has 0 spiro atoms. The SMILES string of the molecule is Cn1c(C2CCC2)cc2c(CN)cccc21. The predicted octanol–water partition coefficient (Wildman–Crippen LogP) is 2.90. The number of hydrogen-bond acceptors (Lipinski definition) is 1. The van der Waals surface area contributed by atoms with Gasteiger partial charge in [-0.2, -0.15) is 0 Å². The van der Waals surface area contributed by atoms with Gasteiger partial charge < -0.3 is 10.3 Å². The van der Waals surface area contributed by atoms with Crippen molar-refractivity contribution in [2.24, 2.45) is 12.8 Å². The number of aryl methyl sites for hydroxylation is 1. The summed E-state index contributed by atoms with van der Waals surface area (Å²) in [5.41, 5.74) is 9.86. The van der Waals surface area contributed by atoms with Gasteiger partial charge in [-0.25, -0.2) is 0 Å². The highest BCUT2D eigenvalue weighted by Gasteiger charge is 2.23. The van der Waals surface area contributed by atoms with Crippen LogP contribution in [0.1, 0.15) is 36.4 Å². The maximum absolute atomic E-state index is 5.79. The van der Waals surface area contributed by atoms with Crippen molar-refractivity contribution in [3.8, 4) is 0 Å². The average Bonchev–Trinajstić information content (AvgIpc) is 2.55. The van der Waals surface area contributed by atoms with E-state index in [0.29, 0.717) is 6.54 Å². The van der Waals surface area contributed by atoms with Crippen LogP contribution in [-0.2, 0) is 13.6 Å². The molecule has 0 amide bonds. The smallest absolute Gasteiger partial charge is 0.0483 e. The molecule has 84 valence electrons. The first-order valence-corrected chi connectivity index (χ1v) is 6.08. The standard InChI is InChI=1S/C14H18N2/c1-16-13-7-3-6-11(9-15)12(13)8-14(16)10-4-2-5-10/h3,6-8,10H,2,4-5,9,15H2,1H3. The summed E-state index contributed by atoms with van der Waals surface area (Å²) in [5.74, 6) is 0.781. The molecule has 0 saturated heterocycles. The fraction of sp³-hybridized carbons (Fsp3) is 0.429. The molecule has 1 heterocycles.